The summed E-state index contributed by atoms with van der Waals surface area (Å²) in [5.74, 6) is -1.39. The van der Waals surface area contributed by atoms with Gasteiger partial charge in [0.1, 0.15) is 6.04 Å². The van der Waals surface area contributed by atoms with Crippen LogP contribution in [-0.2, 0) is 4.79 Å². The van der Waals surface area contributed by atoms with E-state index in [9.17, 15) is 19.5 Å². The van der Waals surface area contributed by atoms with Crippen molar-refractivity contribution in [2.45, 2.75) is 39.2 Å². The highest BCUT2D eigenvalue weighted by Gasteiger charge is 2.32. The number of aliphatic carboxylic acids is 1. The number of carboxylic acids is 1. The number of carboxylic acid groups (broad SMARTS) is 1. The highest BCUT2D eigenvalue weighted by Crippen LogP contribution is 2.21. The molecular formula is C16H19NO4. The first-order valence-corrected chi connectivity index (χ1v) is 7.07. The minimum atomic E-state index is -0.970. The van der Waals surface area contributed by atoms with E-state index >= 15 is 0 Å². The fraction of sp³-hybridized carbons (Fsp3) is 0.438. The third-order valence-electron chi connectivity index (χ3n) is 3.91. The van der Waals surface area contributed by atoms with Crippen LogP contribution in [0.15, 0.2) is 18.2 Å². The van der Waals surface area contributed by atoms with Crippen molar-refractivity contribution < 1.29 is 19.5 Å². The van der Waals surface area contributed by atoms with Gasteiger partial charge in [-0.1, -0.05) is 6.07 Å². The van der Waals surface area contributed by atoms with Crippen molar-refractivity contribution in [3.8, 4) is 0 Å². The van der Waals surface area contributed by atoms with Gasteiger partial charge in [0.2, 0.25) is 0 Å². The summed E-state index contributed by atoms with van der Waals surface area (Å²) in [5, 5.41) is 9.24. The van der Waals surface area contributed by atoms with Crippen molar-refractivity contribution in [1.29, 1.82) is 0 Å². The van der Waals surface area contributed by atoms with Gasteiger partial charge in [-0.2, -0.15) is 0 Å². The number of rotatable bonds is 3. The molecule has 1 saturated heterocycles. The van der Waals surface area contributed by atoms with Crippen molar-refractivity contribution in [2.24, 2.45) is 0 Å². The second-order valence-electron chi connectivity index (χ2n) is 5.43. The lowest BCUT2D eigenvalue weighted by molar-refractivity contribution is -0.143. The normalized spacial score (nSPS) is 18.4. The monoisotopic (exact) mass is 289 g/mol. The van der Waals surface area contributed by atoms with Gasteiger partial charge in [0.25, 0.3) is 5.91 Å². The minimum absolute atomic E-state index is 0.101. The Hall–Kier alpha value is -2.17. The molecule has 1 N–H and O–H groups in total. The Morgan fingerprint density at radius 2 is 1.95 bits per heavy atom. The zero-order chi connectivity index (χ0) is 15.6. The van der Waals surface area contributed by atoms with Crippen LogP contribution in [-0.4, -0.2) is 40.3 Å². The fourth-order valence-electron chi connectivity index (χ4n) is 2.73. The maximum Gasteiger partial charge on any atom is 0.326 e. The van der Waals surface area contributed by atoms with E-state index in [2.05, 4.69) is 0 Å². The molecule has 1 heterocycles. The molecule has 0 radical (unpaired) electrons. The standard InChI is InChI=1S/C16H19NO4/c1-10-6-7-12(9-13(10)11(2)18)15(19)17-8-4-3-5-14(17)16(20)21/h6-7,9,14H,3-5,8H2,1-2H3,(H,20,21). The summed E-state index contributed by atoms with van der Waals surface area (Å²) in [6.45, 7) is 3.71. The Morgan fingerprint density at radius 1 is 1.24 bits per heavy atom. The molecule has 0 saturated carbocycles. The number of benzene rings is 1. The number of ketones is 1. The molecule has 0 spiro atoms. The SMILES string of the molecule is CC(=O)c1cc(C(=O)N2CCCCC2C(=O)O)ccc1C. The largest absolute Gasteiger partial charge is 0.480 e. The first kappa shape index (κ1) is 15.2. The molecule has 5 heteroatoms. The van der Waals surface area contributed by atoms with E-state index in [1.54, 1.807) is 18.2 Å². The molecule has 1 aliphatic rings. The van der Waals surface area contributed by atoms with E-state index in [1.807, 2.05) is 6.92 Å². The van der Waals surface area contributed by atoms with Crippen molar-refractivity contribution in [1.82, 2.24) is 4.90 Å². The van der Waals surface area contributed by atoms with E-state index < -0.39 is 12.0 Å². The highest BCUT2D eigenvalue weighted by atomic mass is 16.4. The van der Waals surface area contributed by atoms with E-state index in [0.717, 1.165) is 18.4 Å². The molecule has 5 nitrogen and oxygen atoms in total. The van der Waals surface area contributed by atoms with Crippen LogP contribution in [0.3, 0.4) is 0 Å². The minimum Gasteiger partial charge on any atom is -0.480 e. The second-order valence-corrected chi connectivity index (χ2v) is 5.43. The summed E-state index contributed by atoms with van der Waals surface area (Å²) in [6.07, 6.45) is 2.10. The summed E-state index contributed by atoms with van der Waals surface area (Å²) < 4.78 is 0. The van der Waals surface area contributed by atoms with Gasteiger partial charge >= 0.3 is 5.97 Å². The third-order valence-corrected chi connectivity index (χ3v) is 3.91. The van der Waals surface area contributed by atoms with Crippen LogP contribution in [0.2, 0.25) is 0 Å². The Labute approximate surface area is 123 Å². The van der Waals surface area contributed by atoms with E-state index in [1.165, 1.54) is 11.8 Å². The number of Topliss-reactive ketones (excluding diaryl/α,β-unsaturated/α-hetero) is 1. The number of carbonyl (C=O) groups is 3. The maximum absolute atomic E-state index is 12.6. The van der Waals surface area contributed by atoms with Crippen LogP contribution in [0.25, 0.3) is 0 Å². The molecule has 21 heavy (non-hydrogen) atoms. The number of carbonyl (C=O) groups excluding carboxylic acids is 2. The van der Waals surface area contributed by atoms with Crippen LogP contribution in [0.5, 0.6) is 0 Å². The number of hydrogen-bond donors (Lipinski definition) is 1. The molecule has 1 fully saturated rings. The zero-order valence-electron chi connectivity index (χ0n) is 12.3. The number of nitrogens with zero attached hydrogens (tertiary/aromatic N) is 1. The quantitative estimate of drug-likeness (QED) is 0.866. The van der Waals surface area contributed by atoms with Gasteiger partial charge in [0.05, 0.1) is 0 Å². The molecule has 1 amide bonds. The van der Waals surface area contributed by atoms with Crippen molar-refractivity contribution in [2.75, 3.05) is 6.54 Å². The number of hydrogen-bond acceptors (Lipinski definition) is 3. The van der Waals surface area contributed by atoms with Gasteiger partial charge in [-0.25, -0.2) is 4.79 Å². The van der Waals surface area contributed by atoms with Gasteiger partial charge in [0.15, 0.2) is 5.78 Å². The molecule has 1 aliphatic heterocycles. The average molecular weight is 289 g/mol. The molecule has 0 bridgehead atoms. The Bertz CT molecular complexity index is 594. The predicted octanol–water partition coefficient (Wildman–Crippen LogP) is 2.28. The molecule has 2 rings (SSSR count). The Morgan fingerprint density at radius 3 is 2.57 bits per heavy atom. The lowest BCUT2D eigenvalue weighted by Gasteiger charge is -2.33. The maximum atomic E-state index is 12.6. The van der Waals surface area contributed by atoms with Crippen molar-refractivity contribution in [3.05, 3.63) is 34.9 Å². The van der Waals surface area contributed by atoms with Crippen molar-refractivity contribution >= 4 is 17.7 Å². The van der Waals surface area contributed by atoms with E-state index in [4.69, 9.17) is 0 Å². The molecule has 1 aromatic carbocycles. The summed E-state index contributed by atoms with van der Waals surface area (Å²) in [7, 11) is 0. The molecule has 112 valence electrons. The fourth-order valence-corrected chi connectivity index (χ4v) is 2.73. The van der Waals surface area contributed by atoms with Gasteiger partial charge in [-0.3, -0.25) is 9.59 Å². The third kappa shape index (κ3) is 3.12. The lowest BCUT2D eigenvalue weighted by atomic mass is 9.98. The number of amides is 1. The molecule has 0 aliphatic carbocycles. The molecule has 0 aromatic heterocycles. The highest BCUT2D eigenvalue weighted by molar-refractivity contribution is 6.01. The first-order valence-electron chi connectivity index (χ1n) is 7.07. The molecule has 1 atom stereocenters. The second kappa shape index (κ2) is 6.08. The number of aryl methyl sites for hydroxylation is 1. The Kier molecular flexibility index (Phi) is 4.40. The lowest BCUT2D eigenvalue weighted by Crippen LogP contribution is -2.48. The zero-order valence-corrected chi connectivity index (χ0v) is 12.3. The van der Waals surface area contributed by atoms with Crippen molar-refractivity contribution in [3.63, 3.8) is 0 Å². The van der Waals surface area contributed by atoms with Crippen LogP contribution in [0.4, 0.5) is 0 Å². The van der Waals surface area contributed by atoms with Crippen LogP contribution in [0.1, 0.15) is 52.5 Å². The summed E-state index contributed by atoms with van der Waals surface area (Å²) >= 11 is 0. The van der Waals surface area contributed by atoms with Crippen LogP contribution < -0.4 is 0 Å². The summed E-state index contributed by atoms with van der Waals surface area (Å²) in [6, 6.07) is 4.17. The van der Waals surface area contributed by atoms with Gasteiger partial charge in [-0.15, -0.1) is 0 Å². The topological polar surface area (TPSA) is 74.7 Å². The molecule has 1 aromatic rings. The summed E-state index contributed by atoms with van der Waals surface area (Å²) in [4.78, 5) is 36.8. The Balaban J connectivity index is 2.32. The van der Waals surface area contributed by atoms with Crippen LogP contribution >= 0.6 is 0 Å². The van der Waals surface area contributed by atoms with E-state index in [-0.39, 0.29) is 11.7 Å². The number of likely N-dealkylation sites (tertiary alicyclic amines) is 1. The van der Waals surface area contributed by atoms with E-state index in [0.29, 0.717) is 24.1 Å². The molecule has 1 unspecified atom stereocenters. The molecular weight excluding hydrogens is 270 g/mol. The van der Waals surface area contributed by atoms with Crippen LogP contribution in [0, 0.1) is 6.92 Å². The van der Waals surface area contributed by atoms with Gasteiger partial charge < -0.3 is 10.0 Å². The number of piperidine rings is 1. The smallest absolute Gasteiger partial charge is 0.326 e. The predicted molar refractivity (Wildman–Crippen MR) is 77.5 cm³/mol. The van der Waals surface area contributed by atoms with Gasteiger partial charge in [0, 0.05) is 17.7 Å². The summed E-state index contributed by atoms with van der Waals surface area (Å²) in [5.41, 5.74) is 1.69. The average Bonchev–Trinajstić information content (AvgIpc) is 2.46. The first-order chi connectivity index (χ1) is 9.91. The van der Waals surface area contributed by atoms with Gasteiger partial charge in [-0.05, 0) is 50.8 Å².